The van der Waals surface area contributed by atoms with Crippen LogP contribution in [-0.2, 0) is 9.59 Å². The lowest BCUT2D eigenvalue weighted by Gasteiger charge is -2.10. The third kappa shape index (κ3) is 4.41. The highest BCUT2D eigenvalue weighted by Crippen LogP contribution is 2.28. The summed E-state index contributed by atoms with van der Waals surface area (Å²) in [5, 5.41) is 15.5. The first-order chi connectivity index (χ1) is 12.3. The van der Waals surface area contributed by atoms with Crippen molar-refractivity contribution in [1.82, 2.24) is 0 Å². The van der Waals surface area contributed by atoms with Crippen LogP contribution in [0, 0.1) is 10.1 Å². The minimum atomic E-state index is -0.995. The molecule has 134 valence electrons. The average molecular weight is 357 g/mol. The van der Waals surface area contributed by atoms with Crippen molar-refractivity contribution in [3.8, 4) is 5.75 Å². The number of ether oxygens (including phenoxy) is 1. The zero-order valence-electron chi connectivity index (χ0n) is 13.9. The predicted octanol–water partition coefficient (Wildman–Crippen LogP) is 2.38. The number of nitro benzene ring substituents is 1. The smallest absolute Gasteiger partial charge is 0.314 e. The van der Waals surface area contributed by atoms with Crippen molar-refractivity contribution in [3.63, 3.8) is 0 Å². The number of methoxy groups -OCH3 is 1. The molecule has 9 heteroatoms. The Morgan fingerprint density at radius 3 is 2.35 bits per heavy atom. The Hall–Kier alpha value is -3.75. The van der Waals surface area contributed by atoms with Crippen molar-refractivity contribution in [2.24, 2.45) is 0 Å². The van der Waals surface area contributed by atoms with Crippen LogP contribution < -0.4 is 15.4 Å². The maximum absolute atomic E-state index is 12.0. The molecule has 0 aromatic heterocycles. The van der Waals surface area contributed by atoms with Crippen LogP contribution in [0.2, 0.25) is 0 Å². The van der Waals surface area contributed by atoms with E-state index in [0.29, 0.717) is 5.56 Å². The molecule has 2 N–H and O–H groups in total. The molecule has 0 saturated heterocycles. The van der Waals surface area contributed by atoms with Crippen molar-refractivity contribution in [3.05, 3.63) is 58.1 Å². The highest BCUT2D eigenvalue weighted by Gasteiger charge is 2.18. The van der Waals surface area contributed by atoms with Gasteiger partial charge in [-0.05, 0) is 25.1 Å². The summed E-state index contributed by atoms with van der Waals surface area (Å²) in [4.78, 5) is 45.6. The fourth-order valence-electron chi connectivity index (χ4n) is 2.08. The number of non-ortho nitro benzene ring substituents is 1. The number of rotatable bonds is 5. The van der Waals surface area contributed by atoms with Crippen LogP contribution in [0.15, 0.2) is 42.5 Å². The van der Waals surface area contributed by atoms with Crippen LogP contribution in [0.4, 0.5) is 17.1 Å². The quantitative estimate of drug-likeness (QED) is 0.366. The fourth-order valence-corrected chi connectivity index (χ4v) is 2.08. The van der Waals surface area contributed by atoms with E-state index in [-0.39, 0.29) is 28.6 Å². The molecule has 0 bridgehead atoms. The number of nitro groups is 1. The number of benzene rings is 2. The van der Waals surface area contributed by atoms with Crippen molar-refractivity contribution >= 4 is 34.7 Å². The summed E-state index contributed by atoms with van der Waals surface area (Å²) < 4.78 is 4.99. The summed E-state index contributed by atoms with van der Waals surface area (Å²) in [5.41, 5.74) is 0.565. The van der Waals surface area contributed by atoms with E-state index in [1.165, 1.54) is 38.3 Å². The van der Waals surface area contributed by atoms with Crippen LogP contribution >= 0.6 is 0 Å². The molecule has 0 aliphatic heterocycles. The van der Waals surface area contributed by atoms with Gasteiger partial charge in [-0.2, -0.15) is 0 Å². The summed E-state index contributed by atoms with van der Waals surface area (Å²) in [6, 6.07) is 9.70. The highest BCUT2D eigenvalue weighted by atomic mass is 16.6. The molecule has 2 rings (SSSR count). The molecule has 0 saturated carbocycles. The molecule has 2 aromatic carbocycles. The Bertz CT molecular complexity index is 894. The number of hydrogen-bond acceptors (Lipinski definition) is 6. The van der Waals surface area contributed by atoms with Crippen LogP contribution in [-0.4, -0.2) is 29.6 Å². The first-order valence-electron chi connectivity index (χ1n) is 7.37. The highest BCUT2D eigenvalue weighted by molar-refractivity contribution is 6.43. The Morgan fingerprint density at radius 1 is 1.04 bits per heavy atom. The predicted molar refractivity (Wildman–Crippen MR) is 93.4 cm³/mol. The Morgan fingerprint density at radius 2 is 1.73 bits per heavy atom. The molecule has 0 unspecified atom stereocenters. The van der Waals surface area contributed by atoms with Gasteiger partial charge in [-0.1, -0.05) is 12.1 Å². The third-order valence-electron chi connectivity index (χ3n) is 3.38. The summed E-state index contributed by atoms with van der Waals surface area (Å²) in [7, 11) is 1.28. The second-order valence-corrected chi connectivity index (χ2v) is 5.19. The number of nitrogens with one attached hydrogen (secondary N) is 2. The molecule has 9 nitrogen and oxygen atoms in total. The van der Waals surface area contributed by atoms with Gasteiger partial charge in [0.15, 0.2) is 5.78 Å². The van der Waals surface area contributed by atoms with Crippen LogP contribution in [0.3, 0.4) is 0 Å². The van der Waals surface area contributed by atoms with Gasteiger partial charge < -0.3 is 15.4 Å². The van der Waals surface area contributed by atoms with Gasteiger partial charge in [-0.15, -0.1) is 0 Å². The third-order valence-corrected chi connectivity index (χ3v) is 3.38. The van der Waals surface area contributed by atoms with E-state index in [0.717, 1.165) is 6.07 Å². The lowest BCUT2D eigenvalue weighted by Crippen LogP contribution is -2.29. The fraction of sp³-hybridized carbons (Fsp3) is 0.118. The molecular formula is C17H15N3O6. The number of amides is 2. The van der Waals surface area contributed by atoms with E-state index in [1.54, 1.807) is 12.1 Å². The van der Waals surface area contributed by atoms with Crippen molar-refractivity contribution in [1.29, 1.82) is 0 Å². The van der Waals surface area contributed by atoms with Gasteiger partial charge in [0, 0.05) is 17.3 Å². The van der Waals surface area contributed by atoms with Crippen LogP contribution in [0.25, 0.3) is 0 Å². The SMILES string of the molecule is COc1cc([N+](=O)[O-])ccc1NC(=O)C(=O)Nc1cccc(C(C)=O)c1. The summed E-state index contributed by atoms with van der Waals surface area (Å²) in [6.07, 6.45) is 0. The molecule has 0 aliphatic rings. The van der Waals surface area contributed by atoms with E-state index < -0.39 is 16.7 Å². The standard InChI is InChI=1S/C17H15N3O6/c1-10(21)11-4-3-5-12(8-11)18-16(22)17(23)19-14-7-6-13(20(24)25)9-15(14)26-2/h3-9H,1-2H3,(H,18,22)(H,19,23). The largest absolute Gasteiger partial charge is 0.494 e. The zero-order chi connectivity index (χ0) is 19.3. The maximum atomic E-state index is 12.0. The van der Waals surface area contributed by atoms with Crippen molar-refractivity contribution < 1.29 is 24.0 Å². The number of carbonyl (C=O) groups excluding carboxylic acids is 3. The van der Waals surface area contributed by atoms with E-state index in [9.17, 15) is 24.5 Å². The van der Waals surface area contributed by atoms with Crippen LogP contribution in [0.1, 0.15) is 17.3 Å². The lowest BCUT2D eigenvalue weighted by molar-refractivity contribution is -0.384. The molecular weight excluding hydrogens is 342 g/mol. The van der Waals surface area contributed by atoms with Gasteiger partial charge in [0.25, 0.3) is 5.69 Å². The maximum Gasteiger partial charge on any atom is 0.314 e. The van der Waals surface area contributed by atoms with Gasteiger partial charge in [0.05, 0.1) is 23.8 Å². The van der Waals surface area contributed by atoms with E-state index in [2.05, 4.69) is 10.6 Å². The van der Waals surface area contributed by atoms with E-state index >= 15 is 0 Å². The van der Waals surface area contributed by atoms with Gasteiger partial charge in [-0.3, -0.25) is 24.5 Å². The van der Waals surface area contributed by atoms with Crippen LogP contribution in [0.5, 0.6) is 5.75 Å². The molecule has 0 fully saturated rings. The second kappa shape index (κ2) is 7.88. The summed E-state index contributed by atoms with van der Waals surface area (Å²) in [5.74, 6) is -2.10. The number of ketones is 1. The summed E-state index contributed by atoms with van der Waals surface area (Å²) >= 11 is 0. The first kappa shape index (κ1) is 18.6. The molecule has 0 atom stereocenters. The Balaban J connectivity index is 2.12. The number of nitrogens with zero attached hydrogens (tertiary/aromatic N) is 1. The van der Waals surface area contributed by atoms with Gasteiger partial charge in [0.1, 0.15) is 5.75 Å². The monoisotopic (exact) mass is 357 g/mol. The second-order valence-electron chi connectivity index (χ2n) is 5.19. The molecule has 26 heavy (non-hydrogen) atoms. The Labute approximate surface area is 148 Å². The number of carbonyl (C=O) groups is 3. The number of hydrogen-bond donors (Lipinski definition) is 2. The molecule has 2 aromatic rings. The minimum Gasteiger partial charge on any atom is -0.494 e. The molecule has 2 amide bonds. The topological polar surface area (TPSA) is 128 Å². The average Bonchev–Trinajstić information content (AvgIpc) is 2.61. The molecule has 0 spiro atoms. The number of anilines is 2. The summed E-state index contributed by atoms with van der Waals surface area (Å²) in [6.45, 7) is 1.38. The lowest BCUT2D eigenvalue weighted by atomic mass is 10.1. The normalized spacial score (nSPS) is 9.92. The molecule has 0 aliphatic carbocycles. The van der Waals surface area contributed by atoms with Gasteiger partial charge in [0.2, 0.25) is 0 Å². The zero-order valence-corrected chi connectivity index (χ0v) is 13.9. The van der Waals surface area contributed by atoms with Gasteiger partial charge in [-0.25, -0.2) is 0 Å². The molecule has 0 radical (unpaired) electrons. The molecule has 0 heterocycles. The number of Topliss-reactive ketones (excluding diaryl/α,β-unsaturated/α-hetero) is 1. The Kier molecular flexibility index (Phi) is 5.63. The van der Waals surface area contributed by atoms with Gasteiger partial charge >= 0.3 is 11.8 Å². The first-order valence-corrected chi connectivity index (χ1v) is 7.37. The van der Waals surface area contributed by atoms with Crippen molar-refractivity contribution in [2.75, 3.05) is 17.7 Å². The minimum absolute atomic E-state index is 0.0407. The van der Waals surface area contributed by atoms with E-state index in [1.807, 2.05) is 0 Å². The van der Waals surface area contributed by atoms with E-state index in [4.69, 9.17) is 4.74 Å². The van der Waals surface area contributed by atoms with Crippen molar-refractivity contribution in [2.45, 2.75) is 6.92 Å².